The van der Waals surface area contributed by atoms with E-state index in [-0.39, 0.29) is 5.82 Å². The summed E-state index contributed by atoms with van der Waals surface area (Å²) >= 11 is 8.51. The number of nitrogens with two attached hydrogens (primary N) is 1. The third-order valence-corrected chi connectivity index (χ3v) is 4.25. The van der Waals surface area contributed by atoms with Crippen LogP contribution in [0.5, 0.6) is 0 Å². The predicted octanol–water partition coefficient (Wildman–Crippen LogP) is 3.81. The molecule has 0 spiro atoms. The number of hydrogen-bond donors (Lipinski definition) is 1. The maximum absolute atomic E-state index is 13.4. The van der Waals surface area contributed by atoms with Crippen LogP contribution in [0.4, 0.5) is 10.1 Å². The van der Waals surface area contributed by atoms with Crippen LogP contribution in [0.15, 0.2) is 29.3 Å². The summed E-state index contributed by atoms with van der Waals surface area (Å²) in [7, 11) is 0. The fourth-order valence-corrected chi connectivity index (χ4v) is 3.05. The Morgan fingerprint density at radius 1 is 1.50 bits per heavy atom. The van der Waals surface area contributed by atoms with Crippen LogP contribution in [0, 0.1) is 5.82 Å². The van der Waals surface area contributed by atoms with Gasteiger partial charge in [0, 0.05) is 27.4 Å². The minimum atomic E-state index is -0.291. The first-order valence-electron chi connectivity index (χ1n) is 4.43. The number of halogens is 2. The molecule has 2 rings (SSSR count). The Balaban J connectivity index is 2.04. The lowest BCUT2D eigenvalue weighted by atomic mass is 10.3. The molecule has 2 aromatic rings. The summed E-state index contributed by atoms with van der Waals surface area (Å²) in [6, 6.07) is 4.69. The van der Waals surface area contributed by atoms with E-state index in [1.54, 1.807) is 18.3 Å². The summed E-state index contributed by atoms with van der Waals surface area (Å²) in [4.78, 5) is 5.52. The molecule has 1 aromatic carbocycles. The summed E-state index contributed by atoms with van der Waals surface area (Å²) in [6.07, 6.45) is 1.70. The second kappa shape index (κ2) is 5.03. The number of aromatic nitrogens is 1. The van der Waals surface area contributed by atoms with Crippen molar-refractivity contribution < 1.29 is 4.39 Å². The molecule has 0 amide bonds. The van der Waals surface area contributed by atoms with Crippen molar-refractivity contribution in [1.29, 1.82) is 0 Å². The van der Waals surface area contributed by atoms with Gasteiger partial charge in [-0.3, -0.25) is 0 Å². The van der Waals surface area contributed by atoms with Gasteiger partial charge in [0.05, 0.1) is 0 Å². The molecule has 6 heteroatoms. The number of thiazole rings is 1. The number of hydrogen-bond acceptors (Lipinski definition) is 4. The molecule has 0 unspecified atom stereocenters. The lowest BCUT2D eigenvalue weighted by Crippen LogP contribution is -1.88. The Bertz CT molecular complexity index is 501. The van der Waals surface area contributed by atoms with Crippen LogP contribution in [-0.4, -0.2) is 4.98 Å². The van der Waals surface area contributed by atoms with E-state index in [1.165, 1.54) is 29.2 Å². The van der Waals surface area contributed by atoms with E-state index in [0.29, 0.717) is 20.8 Å². The fourth-order valence-electron chi connectivity index (χ4n) is 1.13. The molecule has 0 saturated carbocycles. The quantitative estimate of drug-likeness (QED) is 0.683. The van der Waals surface area contributed by atoms with Crippen LogP contribution in [0.3, 0.4) is 0 Å². The first-order valence-corrected chi connectivity index (χ1v) is 6.61. The molecule has 1 heterocycles. The zero-order valence-electron chi connectivity index (χ0n) is 8.11. The molecule has 0 atom stereocenters. The summed E-state index contributed by atoms with van der Waals surface area (Å²) < 4.78 is 13.9. The molecule has 0 radical (unpaired) electrons. The lowest BCUT2D eigenvalue weighted by molar-refractivity contribution is 0.603. The first-order chi connectivity index (χ1) is 7.65. The van der Waals surface area contributed by atoms with Crippen LogP contribution in [0.2, 0.25) is 4.47 Å². The molecule has 0 aliphatic heterocycles. The maximum Gasteiger partial charge on any atom is 0.183 e. The number of thioether (sulfide) groups is 1. The summed E-state index contributed by atoms with van der Waals surface area (Å²) in [5.41, 5.74) is 5.90. The van der Waals surface area contributed by atoms with Crippen LogP contribution in [-0.2, 0) is 5.75 Å². The van der Waals surface area contributed by atoms with Gasteiger partial charge in [0.15, 0.2) is 4.47 Å². The van der Waals surface area contributed by atoms with Gasteiger partial charge >= 0.3 is 0 Å². The van der Waals surface area contributed by atoms with Gasteiger partial charge in [-0.2, -0.15) is 0 Å². The van der Waals surface area contributed by atoms with E-state index >= 15 is 0 Å². The monoisotopic (exact) mass is 274 g/mol. The molecule has 16 heavy (non-hydrogen) atoms. The summed E-state index contributed by atoms with van der Waals surface area (Å²) in [5, 5.41) is 0. The smallest absolute Gasteiger partial charge is 0.183 e. The Morgan fingerprint density at radius 3 is 2.94 bits per heavy atom. The molecule has 1 aromatic heterocycles. The minimum Gasteiger partial charge on any atom is -0.399 e. The Kier molecular flexibility index (Phi) is 3.68. The van der Waals surface area contributed by atoms with Crippen molar-refractivity contribution in [2.75, 3.05) is 5.73 Å². The predicted molar refractivity (Wildman–Crippen MR) is 67.5 cm³/mol. The van der Waals surface area contributed by atoms with E-state index in [1.807, 2.05) is 0 Å². The highest BCUT2D eigenvalue weighted by Crippen LogP contribution is 2.29. The zero-order chi connectivity index (χ0) is 11.5. The lowest BCUT2D eigenvalue weighted by Gasteiger charge is -2.02. The van der Waals surface area contributed by atoms with Gasteiger partial charge in [0.1, 0.15) is 5.82 Å². The minimum absolute atomic E-state index is 0.291. The molecule has 0 saturated heterocycles. The highest BCUT2D eigenvalue weighted by molar-refractivity contribution is 7.98. The summed E-state index contributed by atoms with van der Waals surface area (Å²) in [6.45, 7) is 0. The van der Waals surface area contributed by atoms with Crippen molar-refractivity contribution in [2.45, 2.75) is 10.6 Å². The van der Waals surface area contributed by atoms with E-state index in [9.17, 15) is 4.39 Å². The van der Waals surface area contributed by atoms with Gasteiger partial charge in [-0.15, -0.1) is 23.1 Å². The van der Waals surface area contributed by atoms with Gasteiger partial charge in [0.2, 0.25) is 0 Å². The van der Waals surface area contributed by atoms with E-state index in [2.05, 4.69) is 4.98 Å². The SMILES string of the molecule is Nc1ccc(SCc2cnc(Cl)s2)c(F)c1. The van der Waals surface area contributed by atoms with Crippen molar-refractivity contribution in [3.8, 4) is 0 Å². The Morgan fingerprint density at radius 2 is 2.31 bits per heavy atom. The zero-order valence-corrected chi connectivity index (χ0v) is 10.5. The van der Waals surface area contributed by atoms with Crippen LogP contribution >= 0.6 is 34.7 Å². The molecule has 2 N–H and O–H groups in total. The van der Waals surface area contributed by atoms with Crippen LogP contribution in [0.1, 0.15) is 4.88 Å². The molecule has 0 fully saturated rings. The second-order valence-electron chi connectivity index (χ2n) is 3.06. The van der Waals surface area contributed by atoms with Gasteiger partial charge in [-0.1, -0.05) is 11.6 Å². The Hall–Kier alpha value is -0.780. The van der Waals surface area contributed by atoms with E-state index < -0.39 is 0 Å². The average molecular weight is 275 g/mol. The molecule has 0 aliphatic carbocycles. The fraction of sp³-hybridized carbons (Fsp3) is 0.100. The van der Waals surface area contributed by atoms with E-state index in [0.717, 1.165) is 4.88 Å². The summed E-state index contributed by atoms with van der Waals surface area (Å²) in [5.74, 6) is 0.367. The number of rotatable bonds is 3. The molecular formula is C10H8ClFN2S2. The highest BCUT2D eigenvalue weighted by Gasteiger charge is 2.05. The van der Waals surface area contributed by atoms with Crippen molar-refractivity contribution >= 4 is 40.4 Å². The molecule has 0 bridgehead atoms. The highest BCUT2D eigenvalue weighted by atomic mass is 35.5. The molecule has 2 nitrogen and oxygen atoms in total. The standard InChI is InChI=1S/C10H8ClFN2S2/c11-10-14-4-7(16-10)5-15-9-2-1-6(13)3-8(9)12/h1-4H,5,13H2. The maximum atomic E-state index is 13.4. The van der Waals surface area contributed by atoms with Crippen molar-refractivity contribution in [2.24, 2.45) is 0 Å². The van der Waals surface area contributed by atoms with Crippen LogP contribution in [0.25, 0.3) is 0 Å². The van der Waals surface area contributed by atoms with Crippen LogP contribution < -0.4 is 5.73 Å². The van der Waals surface area contributed by atoms with E-state index in [4.69, 9.17) is 17.3 Å². The molecule has 84 valence electrons. The Labute approximate surface area is 106 Å². The van der Waals surface area contributed by atoms with Crippen molar-refractivity contribution in [3.63, 3.8) is 0 Å². The van der Waals surface area contributed by atoms with Gasteiger partial charge in [-0.25, -0.2) is 9.37 Å². The number of nitrogen functional groups attached to an aromatic ring is 1. The first kappa shape index (κ1) is 11.7. The third kappa shape index (κ3) is 2.87. The third-order valence-electron chi connectivity index (χ3n) is 1.85. The van der Waals surface area contributed by atoms with Crippen molar-refractivity contribution in [3.05, 3.63) is 39.6 Å². The topological polar surface area (TPSA) is 38.9 Å². The average Bonchev–Trinajstić information content (AvgIpc) is 2.63. The molecular weight excluding hydrogens is 267 g/mol. The number of nitrogens with zero attached hydrogens (tertiary/aromatic N) is 1. The number of anilines is 1. The molecule has 0 aliphatic rings. The number of benzene rings is 1. The largest absolute Gasteiger partial charge is 0.399 e. The normalized spacial score (nSPS) is 10.6. The van der Waals surface area contributed by atoms with Crippen molar-refractivity contribution in [1.82, 2.24) is 4.98 Å². The second-order valence-corrected chi connectivity index (χ2v) is 5.77. The van der Waals surface area contributed by atoms with Gasteiger partial charge in [0.25, 0.3) is 0 Å². The van der Waals surface area contributed by atoms with Gasteiger partial charge < -0.3 is 5.73 Å². The van der Waals surface area contributed by atoms with Gasteiger partial charge in [-0.05, 0) is 18.2 Å².